The van der Waals surface area contributed by atoms with Crippen molar-refractivity contribution in [1.82, 2.24) is 14.5 Å². The van der Waals surface area contributed by atoms with Gasteiger partial charge in [0.15, 0.2) is 0 Å². The number of esters is 1. The molecule has 0 bridgehead atoms. The predicted molar refractivity (Wildman–Crippen MR) is 114 cm³/mol. The molecule has 30 heavy (non-hydrogen) atoms. The fourth-order valence-electron chi connectivity index (χ4n) is 3.03. The van der Waals surface area contributed by atoms with Gasteiger partial charge in [0.2, 0.25) is 5.43 Å². The van der Waals surface area contributed by atoms with Crippen molar-refractivity contribution in [3.8, 4) is 17.5 Å². The van der Waals surface area contributed by atoms with Gasteiger partial charge in [0.05, 0.1) is 12.0 Å². The fourth-order valence-corrected chi connectivity index (χ4v) is 3.03. The third kappa shape index (κ3) is 3.82. The van der Waals surface area contributed by atoms with Crippen LogP contribution in [-0.4, -0.2) is 27.1 Å². The molecule has 3 aromatic heterocycles. The van der Waals surface area contributed by atoms with Gasteiger partial charge in [-0.3, -0.25) is 9.78 Å². The summed E-state index contributed by atoms with van der Waals surface area (Å²) in [6, 6.07) is 14.5. The molecule has 0 N–H and O–H groups in total. The number of carbonyl (C=O) groups is 1. The third-order valence-electron chi connectivity index (χ3n) is 4.39. The van der Waals surface area contributed by atoms with Gasteiger partial charge in [0.1, 0.15) is 11.2 Å². The van der Waals surface area contributed by atoms with E-state index in [9.17, 15) is 9.59 Å². The van der Waals surface area contributed by atoms with Crippen molar-refractivity contribution in [2.75, 3.05) is 6.61 Å². The Morgan fingerprint density at radius 2 is 1.87 bits per heavy atom. The van der Waals surface area contributed by atoms with Crippen LogP contribution in [-0.2, 0) is 4.74 Å². The van der Waals surface area contributed by atoms with Gasteiger partial charge in [-0.15, -0.1) is 0 Å². The summed E-state index contributed by atoms with van der Waals surface area (Å²) < 4.78 is 6.77. The van der Waals surface area contributed by atoms with Gasteiger partial charge in [-0.25, -0.2) is 9.78 Å². The van der Waals surface area contributed by atoms with Crippen molar-refractivity contribution < 1.29 is 9.53 Å². The normalized spacial score (nSPS) is 10.3. The maximum atomic E-state index is 12.8. The molecule has 0 saturated carbocycles. The summed E-state index contributed by atoms with van der Waals surface area (Å²) in [5, 5.41) is 0.343. The monoisotopic (exact) mass is 395 g/mol. The largest absolute Gasteiger partial charge is 0.462 e. The average molecular weight is 395 g/mol. The highest BCUT2D eigenvalue weighted by Crippen LogP contribution is 2.17. The predicted octanol–water partition coefficient (Wildman–Crippen LogP) is 3.36. The van der Waals surface area contributed by atoms with Crippen molar-refractivity contribution in [2.45, 2.75) is 6.92 Å². The Bertz CT molecular complexity index is 1350. The number of hydrogen-bond donors (Lipinski definition) is 0. The molecule has 0 spiro atoms. The van der Waals surface area contributed by atoms with E-state index in [2.05, 4.69) is 21.8 Å². The number of fused-ring (bicyclic) bond motifs is 1. The summed E-state index contributed by atoms with van der Waals surface area (Å²) in [4.78, 5) is 33.5. The van der Waals surface area contributed by atoms with E-state index in [0.29, 0.717) is 11.0 Å². The van der Waals surface area contributed by atoms with E-state index in [4.69, 9.17) is 4.74 Å². The van der Waals surface area contributed by atoms with E-state index in [1.54, 1.807) is 42.2 Å². The molecule has 3 heterocycles. The van der Waals surface area contributed by atoms with Gasteiger partial charge in [-0.1, -0.05) is 17.9 Å². The first-order valence-corrected chi connectivity index (χ1v) is 9.37. The summed E-state index contributed by atoms with van der Waals surface area (Å²) in [7, 11) is 0. The Labute approximate surface area is 172 Å². The summed E-state index contributed by atoms with van der Waals surface area (Å²) >= 11 is 0. The number of hydrogen-bond acceptors (Lipinski definition) is 5. The first-order valence-electron chi connectivity index (χ1n) is 9.37. The van der Waals surface area contributed by atoms with Crippen molar-refractivity contribution in [2.24, 2.45) is 0 Å². The van der Waals surface area contributed by atoms with E-state index < -0.39 is 11.4 Å². The second-order valence-electron chi connectivity index (χ2n) is 6.38. The highest BCUT2D eigenvalue weighted by Gasteiger charge is 2.17. The van der Waals surface area contributed by atoms with Crippen LogP contribution in [0.5, 0.6) is 0 Å². The number of ether oxygens (including phenoxy) is 1. The molecule has 0 atom stereocenters. The zero-order valence-corrected chi connectivity index (χ0v) is 16.2. The number of carbonyl (C=O) groups excluding carboxylic acids is 1. The minimum absolute atomic E-state index is 0.0378. The minimum Gasteiger partial charge on any atom is -0.462 e. The molecule has 1 aromatic carbocycles. The van der Waals surface area contributed by atoms with Crippen molar-refractivity contribution in [3.63, 3.8) is 0 Å². The lowest BCUT2D eigenvalue weighted by molar-refractivity contribution is 0.0524. The Morgan fingerprint density at radius 3 is 2.67 bits per heavy atom. The van der Waals surface area contributed by atoms with Crippen LogP contribution in [0, 0.1) is 11.8 Å². The molecule has 0 fully saturated rings. The molecule has 0 radical (unpaired) electrons. The number of rotatable bonds is 3. The average Bonchev–Trinajstić information content (AvgIpc) is 2.79. The number of benzene rings is 1. The lowest BCUT2D eigenvalue weighted by Crippen LogP contribution is -2.21. The first kappa shape index (κ1) is 19.1. The van der Waals surface area contributed by atoms with Gasteiger partial charge < -0.3 is 9.30 Å². The molecule has 0 amide bonds. The van der Waals surface area contributed by atoms with E-state index in [1.165, 1.54) is 6.20 Å². The van der Waals surface area contributed by atoms with E-state index >= 15 is 0 Å². The third-order valence-corrected chi connectivity index (χ3v) is 4.39. The Balaban J connectivity index is 1.85. The van der Waals surface area contributed by atoms with Crippen LogP contribution in [0.15, 0.2) is 78.1 Å². The van der Waals surface area contributed by atoms with Crippen LogP contribution >= 0.6 is 0 Å². The van der Waals surface area contributed by atoms with Crippen molar-refractivity contribution in [1.29, 1.82) is 0 Å². The summed E-state index contributed by atoms with van der Waals surface area (Å²) in [5.41, 5.74) is 2.32. The molecule has 146 valence electrons. The molecule has 6 heteroatoms. The van der Waals surface area contributed by atoms with E-state index in [1.807, 2.05) is 36.4 Å². The topological polar surface area (TPSA) is 74.1 Å². The zero-order valence-electron chi connectivity index (χ0n) is 16.2. The number of pyridine rings is 3. The molecule has 0 saturated heterocycles. The molecule has 0 aliphatic carbocycles. The van der Waals surface area contributed by atoms with Crippen LogP contribution in [0.1, 0.15) is 28.4 Å². The highest BCUT2D eigenvalue weighted by atomic mass is 16.5. The molecule has 0 aliphatic heterocycles. The standard InChI is InChI=1S/C24H17N3O3/c1-2-30-24(29)21-16-27(23-20(22(21)28)9-5-13-26-23)19-8-3-6-17(14-19)10-11-18-7-4-12-25-15-18/h3-9,12-16H,2H2,1H3. The smallest absolute Gasteiger partial charge is 0.343 e. The summed E-state index contributed by atoms with van der Waals surface area (Å²) in [5.74, 6) is 5.52. The molecular formula is C24H17N3O3. The van der Waals surface area contributed by atoms with Crippen molar-refractivity contribution >= 4 is 17.0 Å². The van der Waals surface area contributed by atoms with E-state index in [-0.39, 0.29) is 12.2 Å². The van der Waals surface area contributed by atoms with Gasteiger partial charge in [0, 0.05) is 41.6 Å². The molecule has 0 unspecified atom stereocenters. The van der Waals surface area contributed by atoms with Crippen LogP contribution in [0.4, 0.5) is 0 Å². The van der Waals surface area contributed by atoms with Crippen LogP contribution in [0.25, 0.3) is 16.7 Å². The molecular weight excluding hydrogens is 378 g/mol. The Morgan fingerprint density at radius 1 is 1.07 bits per heavy atom. The summed E-state index contributed by atoms with van der Waals surface area (Å²) in [6.07, 6.45) is 6.47. The number of aromatic nitrogens is 3. The quantitative estimate of drug-likeness (QED) is 0.393. The fraction of sp³-hybridized carbons (Fsp3) is 0.0833. The zero-order chi connectivity index (χ0) is 20.9. The second-order valence-corrected chi connectivity index (χ2v) is 6.38. The first-order chi connectivity index (χ1) is 14.7. The van der Waals surface area contributed by atoms with Crippen LogP contribution < -0.4 is 5.43 Å². The lowest BCUT2D eigenvalue weighted by atomic mass is 10.1. The van der Waals surface area contributed by atoms with E-state index in [0.717, 1.165) is 16.8 Å². The van der Waals surface area contributed by atoms with Crippen LogP contribution in [0.3, 0.4) is 0 Å². The van der Waals surface area contributed by atoms with Gasteiger partial charge >= 0.3 is 5.97 Å². The van der Waals surface area contributed by atoms with Crippen molar-refractivity contribution in [3.05, 3.63) is 100 Å². The lowest BCUT2D eigenvalue weighted by Gasteiger charge is -2.12. The molecule has 0 aliphatic rings. The van der Waals surface area contributed by atoms with Gasteiger partial charge in [-0.05, 0) is 49.4 Å². The molecule has 4 aromatic rings. The Kier molecular flexibility index (Phi) is 5.35. The number of nitrogens with zero attached hydrogens (tertiary/aromatic N) is 3. The second kappa shape index (κ2) is 8.41. The molecule has 6 nitrogen and oxygen atoms in total. The SMILES string of the molecule is CCOC(=O)c1cn(-c2cccc(C#Cc3cccnc3)c2)c2ncccc2c1=O. The maximum absolute atomic E-state index is 12.8. The van der Waals surface area contributed by atoms with Gasteiger partial charge in [0.25, 0.3) is 0 Å². The summed E-state index contributed by atoms with van der Waals surface area (Å²) in [6.45, 7) is 1.88. The van der Waals surface area contributed by atoms with Crippen LogP contribution in [0.2, 0.25) is 0 Å². The minimum atomic E-state index is -0.658. The Hall–Kier alpha value is -4.24. The maximum Gasteiger partial charge on any atom is 0.343 e. The highest BCUT2D eigenvalue weighted by molar-refractivity contribution is 5.93. The molecule has 4 rings (SSSR count). The van der Waals surface area contributed by atoms with Gasteiger partial charge in [-0.2, -0.15) is 0 Å².